The monoisotopic (exact) mass is 365 g/mol. The molecule has 1 radical (unpaired) electrons. The van der Waals surface area contributed by atoms with Crippen LogP contribution in [0.2, 0.25) is 0 Å². The highest BCUT2D eigenvalue weighted by Crippen LogP contribution is 2.29. The van der Waals surface area contributed by atoms with E-state index in [4.69, 9.17) is 0 Å². The van der Waals surface area contributed by atoms with Crippen molar-refractivity contribution in [2.24, 2.45) is 11.8 Å². The van der Waals surface area contributed by atoms with Gasteiger partial charge in [-0.25, -0.2) is 0 Å². The van der Waals surface area contributed by atoms with Crippen LogP contribution in [-0.2, 0) is 0 Å². The van der Waals surface area contributed by atoms with Gasteiger partial charge in [0.15, 0.2) is 0 Å². The number of hydrogen-bond acceptors (Lipinski definition) is 0. The van der Waals surface area contributed by atoms with E-state index in [1.54, 1.807) is 0 Å². The van der Waals surface area contributed by atoms with Crippen molar-refractivity contribution >= 4 is 0 Å². The van der Waals surface area contributed by atoms with Gasteiger partial charge >= 0.3 is 0 Å². The molecule has 0 nitrogen and oxygen atoms in total. The molecule has 26 heavy (non-hydrogen) atoms. The molecule has 0 aromatic heterocycles. The molecule has 0 amide bonds. The Balaban J connectivity index is 4.33. The molecule has 0 rings (SSSR count). The van der Waals surface area contributed by atoms with Crippen molar-refractivity contribution in [2.75, 3.05) is 0 Å². The maximum absolute atomic E-state index is 2.84. The highest BCUT2D eigenvalue weighted by molar-refractivity contribution is 4.84. The molecule has 0 saturated heterocycles. The van der Waals surface area contributed by atoms with Gasteiger partial charge in [0.1, 0.15) is 0 Å². The van der Waals surface area contributed by atoms with Crippen LogP contribution < -0.4 is 0 Å². The average molecular weight is 366 g/mol. The Hall–Kier alpha value is 0. The Morgan fingerprint density at radius 2 is 0.692 bits per heavy atom. The summed E-state index contributed by atoms with van der Waals surface area (Å²) in [4.78, 5) is 0. The topological polar surface area (TPSA) is 0 Å². The highest BCUT2D eigenvalue weighted by atomic mass is 14.2. The minimum absolute atomic E-state index is 0.902. The summed E-state index contributed by atoms with van der Waals surface area (Å²) in [6.07, 6.45) is 30.0. The third-order valence-corrected chi connectivity index (χ3v) is 6.01. The van der Waals surface area contributed by atoms with Gasteiger partial charge < -0.3 is 0 Å². The Labute approximate surface area is 168 Å². The predicted octanol–water partition coefficient (Wildman–Crippen LogP) is 9.91. The molecule has 0 N–H and O–H groups in total. The summed E-state index contributed by atoms with van der Waals surface area (Å²) in [7, 11) is 0. The second-order valence-corrected chi connectivity index (χ2v) is 8.76. The first-order valence-corrected chi connectivity index (χ1v) is 12.6. The molecule has 0 aliphatic heterocycles. The molecule has 157 valence electrons. The molecule has 1 atom stereocenters. The van der Waals surface area contributed by atoms with Crippen LogP contribution in [0.1, 0.15) is 150 Å². The molecule has 0 aliphatic rings. The SMILES string of the molecule is CCCCCCCC([CH]C(CCCCCC)CCCCCC)CCCC. The van der Waals surface area contributed by atoms with E-state index in [-0.39, 0.29) is 0 Å². The van der Waals surface area contributed by atoms with Crippen molar-refractivity contribution in [3.63, 3.8) is 0 Å². The van der Waals surface area contributed by atoms with E-state index in [1.165, 1.54) is 122 Å². The lowest BCUT2D eigenvalue weighted by molar-refractivity contribution is 0.368. The summed E-state index contributed by atoms with van der Waals surface area (Å²) in [6, 6.07) is 0. The molecule has 0 heteroatoms. The van der Waals surface area contributed by atoms with E-state index in [0.29, 0.717) is 0 Å². The maximum Gasteiger partial charge on any atom is -0.0324 e. The third kappa shape index (κ3) is 17.4. The lowest BCUT2D eigenvalue weighted by Gasteiger charge is -2.24. The van der Waals surface area contributed by atoms with E-state index < -0.39 is 0 Å². The van der Waals surface area contributed by atoms with E-state index in [9.17, 15) is 0 Å². The Kier molecular flexibility index (Phi) is 21.3. The van der Waals surface area contributed by atoms with Crippen LogP contribution in [-0.4, -0.2) is 0 Å². The fraction of sp³-hybridized carbons (Fsp3) is 0.962. The van der Waals surface area contributed by atoms with Crippen molar-refractivity contribution in [1.29, 1.82) is 0 Å². The van der Waals surface area contributed by atoms with Gasteiger partial charge in [-0.15, -0.1) is 0 Å². The molecular formula is C26H53. The van der Waals surface area contributed by atoms with Gasteiger partial charge in [0.25, 0.3) is 0 Å². The molecule has 0 saturated carbocycles. The second kappa shape index (κ2) is 21.3. The summed E-state index contributed by atoms with van der Waals surface area (Å²) < 4.78 is 0. The minimum Gasteiger partial charge on any atom is -0.0654 e. The van der Waals surface area contributed by atoms with Crippen LogP contribution in [0.3, 0.4) is 0 Å². The maximum atomic E-state index is 2.84. The van der Waals surface area contributed by atoms with Crippen molar-refractivity contribution in [2.45, 2.75) is 150 Å². The van der Waals surface area contributed by atoms with Crippen LogP contribution >= 0.6 is 0 Å². The smallest absolute Gasteiger partial charge is 0.0324 e. The van der Waals surface area contributed by atoms with E-state index in [2.05, 4.69) is 34.1 Å². The number of rotatable bonds is 21. The van der Waals surface area contributed by atoms with Gasteiger partial charge in [0.05, 0.1) is 0 Å². The van der Waals surface area contributed by atoms with Crippen LogP contribution in [0.25, 0.3) is 0 Å². The normalized spacial score (nSPS) is 12.8. The molecule has 0 aromatic rings. The van der Waals surface area contributed by atoms with Gasteiger partial charge in [0, 0.05) is 0 Å². The minimum atomic E-state index is 0.902. The van der Waals surface area contributed by atoms with Crippen molar-refractivity contribution in [3.05, 3.63) is 6.42 Å². The van der Waals surface area contributed by atoms with Crippen molar-refractivity contribution in [3.8, 4) is 0 Å². The Bertz CT molecular complexity index is 232. The van der Waals surface area contributed by atoms with Crippen LogP contribution in [0.5, 0.6) is 0 Å². The lowest BCUT2D eigenvalue weighted by atomic mass is 9.82. The van der Waals surface area contributed by atoms with Gasteiger partial charge in [-0.3, -0.25) is 0 Å². The van der Waals surface area contributed by atoms with E-state index in [1.807, 2.05) is 0 Å². The number of hydrogen-bond donors (Lipinski definition) is 0. The quantitative estimate of drug-likeness (QED) is 0.177. The zero-order valence-electron chi connectivity index (χ0n) is 19.2. The fourth-order valence-corrected chi connectivity index (χ4v) is 4.20. The van der Waals surface area contributed by atoms with Gasteiger partial charge in [-0.05, 0) is 18.3 Å². The first-order valence-electron chi connectivity index (χ1n) is 12.6. The van der Waals surface area contributed by atoms with E-state index in [0.717, 1.165) is 11.8 Å². The summed E-state index contributed by atoms with van der Waals surface area (Å²) >= 11 is 0. The fourth-order valence-electron chi connectivity index (χ4n) is 4.20. The average Bonchev–Trinajstić information content (AvgIpc) is 2.65. The van der Waals surface area contributed by atoms with E-state index >= 15 is 0 Å². The summed E-state index contributed by atoms with van der Waals surface area (Å²) in [5.74, 6) is 1.81. The Morgan fingerprint density at radius 3 is 1.08 bits per heavy atom. The zero-order chi connectivity index (χ0) is 19.3. The van der Waals surface area contributed by atoms with Crippen LogP contribution in [0.15, 0.2) is 0 Å². The molecule has 0 aromatic carbocycles. The van der Waals surface area contributed by atoms with Gasteiger partial charge in [-0.2, -0.15) is 0 Å². The molecule has 0 bridgehead atoms. The first-order chi connectivity index (χ1) is 12.8. The van der Waals surface area contributed by atoms with Gasteiger partial charge in [0.2, 0.25) is 0 Å². The van der Waals surface area contributed by atoms with Crippen molar-refractivity contribution < 1.29 is 0 Å². The molecule has 0 fully saturated rings. The highest BCUT2D eigenvalue weighted by Gasteiger charge is 2.16. The largest absolute Gasteiger partial charge is 0.0654 e. The molecule has 0 heterocycles. The molecule has 1 unspecified atom stereocenters. The lowest BCUT2D eigenvalue weighted by Crippen LogP contribution is -2.11. The summed E-state index contributed by atoms with van der Waals surface area (Å²) in [6.45, 7) is 9.33. The van der Waals surface area contributed by atoms with Crippen LogP contribution in [0, 0.1) is 18.3 Å². The van der Waals surface area contributed by atoms with Crippen LogP contribution in [0.4, 0.5) is 0 Å². The summed E-state index contributed by atoms with van der Waals surface area (Å²) in [5.41, 5.74) is 0. The predicted molar refractivity (Wildman–Crippen MR) is 122 cm³/mol. The first kappa shape index (κ1) is 26.0. The third-order valence-electron chi connectivity index (χ3n) is 6.01. The van der Waals surface area contributed by atoms with Crippen molar-refractivity contribution in [1.82, 2.24) is 0 Å². The summed E-state index contributed by atoms with van der Waals surface area (Å²) in [5, 5.41) is 0. The second-order valence-electron chi connectivity index (χ2n) is 8.76. The molecule has 0 aliphatic carbocycles. The zero-order valence-corrected chi connectivity index (χ0v) is 19.2. The van der Waals surface area contributed by atoms with Gasteiger partial charge in [-0.1, -0.05) is 150 Å². The molecular weight excluding hydrogens is 312 g/mol. The standard InChI is InChI=1S/C26H53/c1-5-9-13-16-19-23-25(20-12-8-4)24-26(21-17-14-10-6-2)22-18-15-11-7-3/h24-26H,5-23H2,1-4H3. The Morgan fingerprint density at radius 1 is 0.385 bits per heavy atom. The molecule has 0 spiro atoms. The number of unbranched alkanes of at least 4 members (excludes halogenated alkanes) is 11.